The molecule has 0 aromatic carbocycles. The number of hydrogen-bond donors (Lipinski definition) is 1. The molecule has 0 aliphatic rings. The van der Waals surface area contributed by atoms with Crippen LogP contribution in [0.15, 0.2) is 47.7 Å². The summed E-state index contributed by atoms with van der Waals surface area (Å²) in [5.41, 5.74) is 6.68. The lowest BCUT2D eigenvalue weighted by Gasteiger charge is -2.07. The molecule has 0 aliphatic heterocycles. The highest BCUT2D eigenvalue weighted by Gasteiger charge is 2.06. The molecule has 0 atom stereocenters. The summed E-state index contributed by atoms with van der Waals surface area (Å²) in [6.45, 7) is 0.110. The van der Waals surface area contributed by atoms with Crippen LogP contribution < -0.4 is 11.3 Å². The third-order valence-corrected chi connectivity index (χ3v) is 2.68. The minimum Gasteiger partial charge on any atom is -0.464 e. The largest absolute Gasteiger partial charge is 0.464 e. The number of rotatable bonds is 5. The molecule has 104 valence electrons. The van der Waals surface area contributed by atoms with Crippen molar-refractivity contribution in [3.63, 3.8) is 0 Å². The zero-order valence-corrected chi connectivity index (χ0v) is 10.9. The van der Waals surface area contributed by atoms with Crippen LogP contribution in [0.4, 0.5) is 5.69 Å². The van der Waals surface area contributed by atoms with Gasteiger partial charge in [0.05, 0.1) is 6.61 Å². The Balaban J connectivity index is 1.84. The Hall–Kier alpha value is -2.63. The van der Waals surface area contributed by atoms with Gasteiger partial charge < -0.3 is 15.0 Å². The molecule has 0 bridgehead atoms. The Morgan fingerprint density at radius 1 is 1.35 bits per heavy atom. The van der Waals surface area contributed by atoms with Crippen molar-refractivity contribution in [2.75, 3.05) is 12.3 Å². The fourth-order valence-corrected chi connectivity index (χ4v) is 1.69. The third kappa shape index (κ3) is 3.94. The number of hydrogen-bond acceptors (Lipinski definition) is 5. The number of esters is 1. The lowest BCUT2D eigenvalue weighted by molar-refractivity contribution is -0.144. The molecule has 0 spiro atoms. The summed E-state index contributed by atoms with van der Waals surface area (Å²) < 4.78 is 6.30. The van der Waals surface area contributed by atoms with Gasteiger partial charge in [-0.3, -0.25) is 14.6 Å². The van der Waals surface area contributed by atoms with Crippen molar-refractivity contribution in [2.45, 2.75) is 13.0 Å². The minimum atomic E-state index is -0.471. The van der Waals surface area contributed by atoms with Gasteiger partial charge in [0.15, 0.2) is 0 Å². The maximum absolute atomic E-state index is 11.6. The summed E-state index contributed by atoms with van der Waals surface area (Å²) in [7, 11) is 0. The van der Waals surface area contributed by atoms with Gasteiger partial charge in [-0.15, -0.1) is 0 Å². The van der Waals surface area contributed by atoms with Crippen LogP contribution in [0.1, 0.15) is 5.56 Å². The van der Waals surface area contributed by atoms with Crippen molar-refractivity contribution in [3.8, 4) is 0 Å². The molecule has 2 rings (SSSR count). The van der Waals surface area contributed by atoms with E-state index in [2.05, 4.69) is 4.98 Å². The Kier molecular flexibility index (Phi) is 4.49. The van der Waals surface area contributed by atoms with Crippen molar-refractivity contribution < 1.29 is 9.53 Å². The SMILES string of the molecule is Nc1ccc(=O)n(CC(=O)OCCc2cccnc2)c1. The molecular weight excluding hydrogens is 258 g/mol. The average Bonchev–Trinajstić information content (AvgIpc) is 2.44. The van der Waals surface area contributed by atoms with Gasteiger partial charge in [0.2, 0.25) is 0 Å². The van der Waals surface area contributed by atoms with Crippen molar-refractivity contribution in [1.29, 1.82) is 0 Å². The third-order valence-electron chi connectivity index (χ3n) is 2.68. The summed E-state index contributed by atoms with van der Waals surface area (Å²) in [5.74, 6) is -0.471. The van der Waals surface area contributed by atoms with E-state index < -0.39 is 5.97 Å². The molecular formula is C14H15N3O3. The molecule has 0 fully saturated rings. The van der Waals surface area contributed by atoms with E-state index in [1.54, 1.807) is 12.4 Å². The van der Waals surface area contributed by atoms with Gasteiger partial charge in [-0.1, -0.05) is 6.07 Å². The second-order valence-electron chi connectivity index (χ2n) is 4.26. The van der Waals surface area contributed by atoms with Crippen molar-refractivity contribution in [3.05, 3.63) is 58.8 Å². The number of pyridine rings is 2. The fourth-order valence-electron chi connectivity index (χ4n) is 1.69. The van der Waals surface area contributed by atoms with E-state index in [0.717, 1.165) is 5.56 Å². The zero-order valence-electron chi connectivity index (χ0n) is 10.9. The zero-order chi connectivity index (χ0) is 14.4. The number of nitrogen functional groups attached to an aromatic ring is 1. The van der Waals surface area contributed by atoms with Gasteiger partial charge in [0.25, 0.3) is 5.56 Å². The van der Waals surface area contributed by atoms with Crippen LogP contribution in [0, 0.1) is 0 Å². The molecule has 2 N–H and O–H groups in total. The highest BCUT2D eigenvalue weighted by atomic mass is 16.5. The number of aromatic nitrogens is 2. The van der Waals surface area contributed by atoms with Gasteiger partial charge in [0, 0.05) is 36.8 Å². The summed E-state index contributed by atoms with van der Waals surface area (Å²) in [4.78, 5) is 27.1. The molecule has 0 amide bonds. The molecule has 0 saturated heterocycles. The molecule has 2 aromatic heterocycles. The second-order valence-corrected chi connectivity index (χ2v) is 4.26. The molecule has 2 heterocycles. The van der Waals surface area contributed by atoms with Crippen molar-refractivity contribution >= 4 is 11.7 Å². The average molecular weight is 273 g/mol. The van der Waals surface area contributed by atoms with Crippen LogP contribution in [0.3, 0.4) is 0 Å². The molecule has 6 nitrogen and oxygen atoms in total. The van der Waals surface area contributed by atoms with Gasteiger partial charge in [-0.25, -0.2) is 0 Å². The fraction of sp³-hybridized carbons (Fsp3) is 0.214. The number of nitrogens with zero attached hydrogens (tertiary/aromatic N) is 2. The maximum Gasteiger partial charge on any atom is 0.326 e. The van der Waals surface area contributed by atoms with E-state index in [0.29, 0.717) is 12.1 Å². The van der Waals surface area contributed by atoms with E-state index in [9.17, 15) is 9.59 Å². The first-order chi connectivity index (χ1) is 9.65. The topological polar surface area (TPSA) is 87.2 Å². The van der Waals surface area contributed by atoms with Gasteiger partial charge in [-0.05, 0) is 17.7 Å². The summed E-state index contributed by atoms with van der Waals surface area (Å²) in [6, 6.07) is 6.54. The summed E-state index contributed by atoms with van der Waals surface area (Å²) in [5, 5.41) is 0. The van der Waals surface area contributed by atoms with E-state index >= 15 is 0 Å². The van der Waals surface area contributed by atoms with Crippen LogP contribution in [0.25, 0.3) is 0 Å². The van der Waals surface area contributed by atoms with E-state index in [-0.39, 0.29) is 18.7 Å². The molecule has 2 aromatic rings. The Morgan fingerprint density at radius 3 is 2.95 bits per heavy atom. The van der Waals surface area contributed by atoms with E-state index in [1.807, 2.05) is 12.1 Å². The molecule has 0 radical (unpaired) electrons. The van der Waals surface area contributed by atoms with Crippen molar-refractivity contribution in [1.82, 2.24) is 9.55 Å². The molecule has 20 heavy (non-hydrogen) atoms. The van der Waals surface area contributed by atoms with E-state index in [1.165, 1.54) is 22.9 Å². The van der Waals surface area contributed by atoms with Gasteiger partial charge in [0.1, 0.15) is 6.54 Å². The van der Waals surface area contributed by atoms with Crippen LogP contribution >= 0.6 is 0 Å². The maximum atomic E-state index is 11.6. The summed E-state index contributed by atoms with van der Waals surface area (Å²) >= 11 is 0. The van der Waals surface area contributed by atoms with Gasteiger partial charge in [-0.2, -0.15) is 0 Å². The van der Waals surface area contributed by atoms with Crippen LogP contribution in [-0.4, -0.2) is 22.1 Å². The first-order valence-electron chi connectivity index (χ1n) is 6.15. The van der Waals surface area contributed by atoms with Crippen LogP contribution in [0.5, 0.6) is 0 Å². The minimum absolute atomic E-state index is 0.142. The smallest absolute Gasteiger partial charge is 0.326 e. The lowest BCUT2D eigenvalue weighted by atomic mass is 10.2. The number of carbonyl (C=O) groups is 1. The molecule has 0 saturated carbocycles. The number of ether oxygens (including phenoxy) is 1. The first kappa shape index (κ1) is 13.8. The Bertz CT molecular complexity index is 638. The quantitative estimate of drug-likeness (QED) is 0.806. The second kappa shape index (κ2) is 6.51. The van der Waals surface area contributed by atoms with Crippen LogP contribution in [-0.2, 0) is 22.5 Å². The Labute approximate surface area is 115 Å². The predicted molar refractivity (Wildman–Crippen MR) is 74.0 cm³/mol. The van der Waals surface area contributed by atoms with E-state index in [4.69, 9.17) is 10.5 Å². The van der Waals surface area contributed by atoms with Crippen LogP contribution in [0.2, 0.25) is 0 Å². The number of anilines is 1. The highest BCUT2D eigenvalue weighted by molar-refractivity contribution is 5.69. The normalized spacial score (nSPS) is 10.2. The standard InChI is InChI=1S/C14H15N3O3/c15-12-3-4-13(18)17(9-12)10-14(19)20-7-5-11-2-1-6-16-8-11/h1-4,6,8-9H,5,7,10,15H2. The Morgan fingerprint density at radius 2 is 2.20 bits per heavy atom. The highest BCUT2D eigenvalue weighted by Crippen LogP contribution is 1.99. The monoisotopic (exact) mass is 273 g/mol. The predicted octanol–water partition coefficient (Wildman–Crippen LogP) is 0.611. The molecule has 0 unspecified atom stereocenters. The lowest BCUT2D eigenvalue weighted by Crippen LogP contribution is -2.25. The van der Waals surface area contributed by atoms with Gasteiger partial charge >= 0.3 is 5.97 Å². The first-order valence-corrected chi connectivity index (χ1v) is 6.15. The number of nitrogens with two attached hydrogens (primary N) is 1. The summed E-state index contributed by atoms with van der Waals surface area (Å²) in [6.07, 6.45) is 5.41. The van der Waals surface area contributed by atoms with Crippen molar-refractivity contribution in [2.24, 2.45) is 0 Å². The number of carbonyl (C=O) groups excluding carboxylic acids is 1. The molecule has 0 aliphatic carbocycles. The molecule has 6 heteroatoms.